The fraction of sp³-hybridized carbons (Fsp3) is 0.235. The molecule has 0 fully saturated rings. The molecule has 5 nitrogen and oxygen atoms in total. The Hall–Kier alpha value is -1.41. The smallest absolute Gasteiger partial charge is 0.257 e. The molecule has 0 aromatic heterocycles. The maximum atomic E-state index is 12.6. The number of rotatable bonds is 5. The van der Waals surface area contributed by atoms with Crippen molar-refractivity contribution in [2.45, 2.75) is 24.8 Å². The third kappa shape index (κ3) is 4.61. The first-order valence-electron chi connectivity index (χ1n) is 7.47. The third-order valence-electron chi connectivity index (χ3n) is 3.67. The van der Waals surface area contributed by atoms with Crippen molar-refractivity contribution in [2.24, 2.45) is 0 Å². The summed E-state index contributed by atoms with van der Waals surface area (Å²) in [5.41, 5.74) is 0.669. The average molecular weight is 446 g/mol. The summed E-state index contributed by atoms with van der Waals surface area (Å²) in [4.78, 5) is 12.5. The van der Waals surface area contributed by atoms with Crippen LogP contribution < -0.4 is 5.32 Å². The number of carbonyl (C=O) groups excluding carboxylic acids is 1. The number of sulfonamides is 1. The summed E-state index contributed by atoms with van der Waals surface area (Å²) in [6, 6.07) is 11.0. The normalized spacial score (nSPS) is 11.8. The van der Waals surface area contributed by atoms with Gasteiger partial charge in [0.1, 0.15) is 0 Å². The Kier molecular flexibility index (Phi) is 6.26. The lowest BCUT2D eigenvalue weighted by Gasteiger charge is -2.21. The van der Waals surface area contributed by atoms with Gasteiger partial charge in [0.2, 0.25) is 10.0 Å². The van der Waals surface area contributed by atoms with Crippen molar-refractivity contribution in [3.63, 3.8) is 0 Å². The first-order valence-corrected chi connectivity index (χ1v) is 10.1. The Morgan fingerprint density at radius 3 is 2.48 bits per heavy atom. The van der Waals surface area contributed by atoms with E-state index in [-0.39, 0.29) is 21.5 Å². The zero-order valence-corrected chi connectivity index (χ0v) is 17.1. The van der Waals surface area contributed by atoms with Crippen LogP contribution in [-0.4, -0.2) is 31.7 Å². The second-order valence-electron chi connectivity index (χ2n) is 5.72. The molecule has 2 aromatic rings. The SMILES string of the molecule is CC(C)N(C)S(=O)(=O)c1ccc(Cl)c(C(=O)Nc2cccc(Br)c2)c1. The Morgan fingerprint density at radius 2 is 1.88 bits per heavy atom. The first kappa shape index (κ1) is 19.9. The molecule has 0 atom stereocenters. The Morgan fingerprint density at radius 1 is 1.20 bits per heavy atom. The zero-order chi connectivity index (χ0) is 18.8. The van der Waals surface area contributed by atoms with Crippen LogP contribution in [0.4, 0.5) is 5.69 Å². The molecule has 134 valence electrons. The highest BCUT2D eigenvalue weighted by Gasteiger charge is 2.25. The van der Waals surface area contributed by atoms with E-state index in [1.807, 2.05) is 6.07 Å². The number of nitrogens with one attached hydrogen (secondary N) is 1. The van der Waals surface area contributed by atoms with Crippen LogP contribution in [0, 0.1) is 0 Å². The highest BCUT2D eigenvalue weighted by Crippen LogP contribution is 2.25. The number of hydrogen-bond donors (Lipinski definition) is 1. The minimum atomic E-state index is -3.70. The molecule has 0 heterocycles. The lowest BCUT2D eigenvalue weighted by atomic mass is 10.2. The number of halogens is 2. The molecule has 0 unspecified atom stereocenters. The summed E-state index contributed by atoms with van der Waals surface area (Å²) in [5, 5.41) is 2.89. The fourth-order valence-electron chi connectivity index (χ4n) is 2.05. The average Bonchev–Trinajstić information content (AvgIpc) is 2.54. The fourth-order valence-corrected chi connectivity index (χ4v) is 4.04. The molecule has 2 aromatic carbocycles. The lowest BCUT2D eigenvalue weighted by molar-refractivity contribution is 0.102. The lowest BCUT2D eigenvalue weighted by Crippen LogP contribution is -2.33. The molecule has 0 saturated heterocycles. The van der Waals surface area contributed by atoms with Crippen LogP contribution in [0.5, 0.6) is 0 Å². The summed E-state index contributed by atoms with van der Waals surface area (Å²) < 4.78 is 27.3. The van der Waals surface area contributed by atoms with Gasteiger partial charge in [-0.15, -0.1) is 0 Å². The summed E-state index contributed by atoms with van der Waals surface area (Å²) in [6.45, 7) is 3.54. The van der Waals surface area contributed by atoms with E-state index in [1.54, 1.807) is 32.0 Å². The van der Waals surface area contributed by atoms with Gasteiger partial charge in [-0.25, -0.2) is 8.42 Å². The number of amides is 1. The van der Waals surface area contributed by atoms with Crippen molar-refractivity contribution in [3.8, 4) is 0 Å². The summed E-state index contributed by atoms with van der Waals surface area (Å²) in [7, 11) is -2.21. The van der Waals surface area contributed by atoms with Gasteiger partial charge in [0.25, 0.3) is 5.91 Å². The maximum absolute atomic E-state index is 12.6. The first-order chi connectivity index (χ1) is 11.6. The van der Waals surface area contributed by atoms with Crippen molar-refractivity contribution in [3.05, 3.63) is 57.5 Å². The van der Waals surface area contributed by atoms with Crippen LogP contribution in [0.25, 0.3) is 0 Å². The third-order valence-corrected chi connectivity index (χ3v) is 6.52. The number of nitrogens with zero attached hydrogens (tertiary/aromatic N) is 1. The second kappa shape index (κ2) is 7.86. The van der Waals surface area contributed by atoms with Crippen molar-refractivity contribution < 1.29 is 13.2 Å². The molecular formula is C17H18BrClN2O3S. The van der Waals surface area contributed by atoms with Crippen molar-refractivity contribution in [2.75, 3.05) is 12.4 Å². The van der Waals surface area contributed by atoms with E-state index in [2.05, 4.69) is 21.2 Å². The Bertz CT molecular complexity index is 901. The summed E-state index contributed by atoms with van der Waals surface area (Å²) in [5.74, 6) is -0.479. The molecule has 25 heavy (non-hydrogen) atoms. The molecule has 0 radical (unpaired) electrons. The van der Waals surface area contributed by atoms with Gasteiger partial charge >= 0.3 is 0 Å². The van der Waals surface area contributed by atoms with Crippen LogP contribution in [0.15, 0.2) is 51.8 Å². The molecule has 0 saturated carbocycles. The van der Waals surface area contributed by atoms with Crippen molar-refractivity contribution >= 4 is 49.1 Å². The van der Waals surface area contributed by atoms with E-state index in [0.29, 0.717) is 5.69 Å². The predicted molar refractivity (Wildman–Crippen MR) is 104 cm³/mol. The molecule has 8 heteroatoms. The van der Waals surface area contributed by atoms with Gasteiger partial charge in [0.05, 0.1) is 15.5 Å². The molecular weight excluding hydrogens is 428 g/mol. The van der Waals surface area contributed by atoms with Gasteiger partial charge in [-0.2, -0.15) is 4.31 Å². The quantitative estimate of drug-likeness (QED) is 0.742. The van der Waals surface area contributed by atoms with E-state index in [1.165, 1.54) is 29.6 Å². The van der Waals surface area contributed by atoms with Crippen molar-refractivity contribution in [1.29, 1.82) is 0 Å². The van der Waals surface area contributed by atoms with Gasteiger partial charge < -0.3 is 5.32 Å². The molecule has 1 amide bonds. The van der Waals surface area contributed by atoms with Gasteiger partial charge in [-0.1, -0.05) is 33.6 Å². The van der Waals surface area contributed by atoms with Crippen molar-refractivity contribution in [1.82, 2.24) is 4.31 Å². The van der Waals surface area contributed by atoms with E-state index in [4.69, 9.17) is 11.6 Å². The minimum absolute atomic E-state index is 0.0208. The highest BCUT2D eigenvalue weighted by atomic mass is 79.9. The van der Waals surface area contributed by atoms with Gasteiger partial charge in [0, 0.05) is 23.2 Å². The number of benzene rings is 2. The van der Waals surface area contributed by atoms with E-state index >= 15 is 0 Å². The molecule has 0 spiro atoms. The monoisotopic (exact) mass is 444 g/mol. The molecule has 1 N–H and O–H groups in total. The van der Waals surface area contributed by atoms with Gasteiger partial charge in [-0.3, -0.25) is 4.79 Å². The van der Waals surface area contributed by atoms with Gasteiger partial charge in [-0.05, 0) is 50.2 Å². The predicted octanol–water partition coefficient (Wildman–Crippen LogP) is 4.38. The maximum Gasteiger partial charge on any atom is 0.257 e. The molecule has 0 aliphatic heterocycles. The molecule has 0 bridgehead atoms. The largest absolute Gasteiger partial charge is 0.322 e. The Balaban J connectivity index is 2.37. The zero-order valence-electron chi connectivity index (χ0n) is 14.0. The minimum Gasteiger partial charge on any atom is -0.322 e. The number of anilines is 1. The molecule has 0 aliphatic carbocycles. The van der Waals surface area contributed by atoms with Crippen LogP contribution in [-0.2, 0) is 10.0 Å². The van der Waals surface area contributed by atoms with Crippen LogP contribution in [0.1, 0.15) is 24.2 Å². The molecule has 0 aliphatic rings. The Labute approximate surface area is 161 Å². The summed E-state index contributed by atoms with van der Waals surface area (Å²) >= 11 is 9.43. The van der Waals surface area contributed by atoms with Crippen LogP contribution >= 0.6 is 27.5 Å². The number of carbonyl (C=O) groups is 1. The highest BCUT2D eigenvalue weighted by molar-refractivity contribution is 9.10. The van der Waals surface area contributed by atoms with E-state index in [9.17, 15) is 13.2 Å². The van der Waals surface area contributed by atoms with E-state index < -0.39 is 15.9 Å². The standard InChI is InChI=1S/C17H18BrClN2O3S/c1-11(2)21(3)25(23,24)14-7-8-16(19)15(10-14)17(22)20-13-6-4-5-12(18)9-13/h4-11H,1-3H3,(H,20,22). The van der Waals surface area contributed by atoms with Crippen LogP contribution in [0.3, 0.4) is 0 Å². The number of hydrogen-bond acceptors (Lipinski definition) is 3. The summed E-state index contributed by atoms with van der Waals surface area (Å²) in [6.07, 6.45) is 0. The van der Waals surface area contributed by atoms with Crippen LogP contribution in [0.2, 0.25) is 5.02 Å². The van der Waals surface area contributed by atoms with Gasteiger partial charge in [0.15, 0.2) is 0 Å². The van der Waals surface area contributed by atoms with E-state index in [0.717, 1.165) is 4.47 Å². The second-order valence-corrected chi connectivity index (χ2v) is 9.04. The topological polar surface area (TPSA) is 66.5 Å². The molecule has 2 rings (SSSR count).